The fourth-order valence-corrected chi connectivity index (χ4v) is 2.47. The van der Waals surface area contributed by atoms with E-state index < -0.39 is 5.69 Å². The van der Waals surface area contributed by atoms with Crippen molar-refractivity contribution in [2.45, 2.75) is 13.6 Å². The van der Waals surface area contributed by atoms with Crippen LogP contribution in [0.15, 0.2) is 40.2 Å². The van der Waals surface area contributed by atoms with Gasteiger partial charge in [0.15, 0.2) is 11.2 Å². The van der Waals surface area contributed by atoms with Gasteiger partial charge < -0.3 is 9.88 Å². The average molecular weight is 299 g/mol. The summed E-state index contributed by atoms with van der Waals surface area (Å²) >= 11 is 0. The number of para-hydroxylation sites is 1. The van der Waals surface area contributed by atoms with Gasteiger partial charge in [0, 0.05) is 19.8 Å². The smallest absolute Gasteiger partial charge is 0.333 e. The maximum Gasteiger partial charge on any atom is 0.333 e. The molecule has 7 heteroatoms. The van der Waals surface area contributed by atoms with Crippen molar-refractivity contribution in [1.82, 2.24) is 18.7 Å². The third kappa shape index (κ3) is 2.11. The zero-order valence-electron chi connectivity index (χ0n) is 12.7. The number of nitrogens with one attached hydrogen (secondary N) is 1. The number of aryl methyl sites for hydroxylation is 3. The van der Waals surface area contributed by atoms with Crippen molar-refractivity contribution < 1.29 is 0 Å². The molecule has 2 aromatic heterocycles. The Kier molecular flexibility index (Phi) is 3.32. The molecule has 1 aromatic carbocycles. The fourth-order valence-electron chi connectivity index (χ4n) is 2.47. The van der Waals surface area contributed by atoms with Gasteiger partial charge in [0.25, 0.3) is 5.56 Å². The molecule has 0 aliphatic heterocycles. The van der Waals surface area contributed by atoms with Gasteiger partial charge >= 0.3 is 5.69 Å². The van der Waals surface area contributed by atoms with E-state index in [1.54, 1.807) is 18.7 Å². The number of hydrogen-bond donors (Lipinski definition) is 1. The molecule has 0 saturated heterocycles. The molecule has 0 aliphatic rings. The van der Waals surface area contributed by atoms with Gasteiger partial charge in [-0.05, 0) is 18.6 Å². The van der Waals surface area contributed by atoms with Crippen LogP contribution in [0.1, 0.15) is 5.56 Å². The van der Waals surface area contributed by atoms with Crippen LogP contribution in [0.2, 0.25) is 0 Å². The molecule has 0 saturated carbocycles. The SMILES string of the molecule is Cc1ccccc1NCn1c(=O)c2c(ncn2C)n(C)c1=O. The zero-order valence-corrected chi connectivity index (χ0v) is 12.7. The minimum absolute atomic E-state index is 0.109. The van der Waals surface area contributed by atoms with E-state index in [9.17, 15) is 9.59 Å². The number of rotatable bonds is 3. The molecule has 22 heavy (non-hydrogen) atoms. The van der Waals surface area contributed by atoms with Crippen molar-refractivity contribution in [2.75, 3.05) is 5.32 Å². The molecular weight excluding hydrogens is 282 g/mol. The molecule has 0 amide bonds. The Balaban J connectivity index is 2.08. The molecule has 3 aromatic rings. The molecular formula is C15H17N5O2. The second kappa shape index (κ2) is 5.18. The Morgan fingerprint density at radius 2 is 1.91 bits per heavy atom. The highest BCUT2D eigenvalue weighted by Crippen LogP contribution is 2.12. The molecule has 0 fully saturated rings. The first-order chi connectivity index (χ1) is 10.5. The highest BCUT2D eigenvalue weighted by molar-refractivity contribution is 5.69. The summed E-state index contributed by atoms with van der Waals surface area (Å²) in [5.41, 5.74) is 2.00. The Bertz CT molecular complexity index is 964. The van der Waals surface area contributed by atoms with Gasteiger partial charge in [0.2, 0.25) is 0 Å². The van der Waals surface area contributed by atoms with Crippen LogP contribution in [0.5, 0.6) is 0 Å². The topological polar surface area (TPSA) is 73.8 Å². The number of imidazole rings is 1. The first-order valence-electron chi connectivity index (χ1n) is 6.91. The third-order valence-corrected chi connectivity index (χ3v) is 3.77. The van der Waals surface area contributed by atoms with E-state index in [0.29, 0.717) is 11.2 Å². The van der Waals surface area contributed by atoms with E-state index in [4.69, 9.17) is 0 Å². The summed E-state index contributed by atoms with van der Waals surface area (Å²) in [6, 6.07) is 7.72. The molecule has 0 radical (unpaired) electrons. The molecule has 1 N–H and O–H groups in total. The highest BCUT2D eigenvalue weighted by atomic mass is 16.2. The summed E-state index contributed by atoms with van der Waals surface area (Å²) < 4.78 is 4.19. The second-order valence-electron chi connectivity index (χ2n) is 5.25. The van der Waals surface area contributed by atoms with Crippen molar-refractivity contribution in [1.29, 1.82) is 0 Å². The molecule has 2 heterocycles. The van der Waals surface area contributed by atoms with E-state index in [1.807, 2.05) is 31.2 Å². The predicted octanol–water partition coefficient (Wildman–Crippen LogP) is 0.812. The number of anilines is 1. The summed E-state index contributed by atoms with van der Waals surface area (Å²) in [6.07, 6.45) is 1.53. The quantitative estimate of drug-likeness (QED) is 0.777. The van der Waals surface area contributed by atoms with Crippen LogP contribution in [-0.4, -0.2) is 18.7 Å². The molecule has 0 bridgehead atoms. The summed E-state index contributed by atoms with van der Waals surface area (Å²) in [5, 5.41) is 3.13. The highest BCUT2D eigenvalue weighted by Gasteiger charge is 2.14. The van der Waals surface area contributed by atoms with Crippen molar-refractivity contribution in [3.63, 3.8) is 0 Å². The van der Waals surface area contributed by atoms with E-state index in [0.717, 1.165) is 11.3 Å². The van der Waals surface area contributed by atoms with Crippen molar-refractivity contribution in [2.24, 2.45) is 14.1 Å². The van der Waals surface area contributed by atoms with Gasteiger partial charge in [-0.15, -0.1) is 0 Å². The fraction of sp³-hybridized carbons (Fsp3) is 0.267. The van der Waals surface area contributed by atoms with Crippen LogP contribution in [0.4, 0.5) is 5.69 Å². The Morgan fingerprint density at radius 3 is 2.64 bits per heavy atom. The third-order valence-electron chi connectivity index (χ3n) is 3.77. The van der Waals surface area contributed by atoms with Gasteiger partial charge in [0.1, 0.15) is 6.67 Å². The van der Waals surface area contributed by atoms with Crippen LogP contribution < -0.4 is 16.6 Å². The van der Waals surface area contributed by atoms with E-state index in [-0.39, 0.29) is 12.2 Å². The first kappa shape index (κ1) is 14.1. The Labute approximate surface area is 126 Å². The lowest BCUT2D eigenvalue weighted by Gasteiger charge is -2.12. The van der Waals surface area contributed by atoms with E-state index in [2.05, 4.69) is 10.3 Å². The molecule has 0 spiro atoms. The van der Waals surface area contributed by atoms with Gasteiger partial charge in [-0.3, -0.25) is 9.36 Å². The van der Waals surface area contributed by atoms with Crippen LogP contribution >= 0.6 is 0 Å². The minimum atomic E-state index is -0.391. The molecule has 0 aliphatic carbocycles. The maximum atomic E-state index is 12.5. The van der Waals surface area contributed by atoms with Crippen LogP contribution in [0.3, 0.4) is 0 Å². The Morgan fingerprint density at radius 1 is 1.18 bits per heavy atom. The minimum Gasteiger partial charge on any atom is -0.367 e. The number of benzene rings is 1. The standard InChI is InChI=1S/C15H17N5O2/c1-10-6-4-5-7-11(10)16-9-20-14(21)12-13(17-8-18(12)2)19(3)15(20)22/h4-8,16H,9H2,1-3H3. The number of aromatic nitrogens is 4. The number of fused-ring (bicyclic) bond motifs is 1. The molecule has 0 unspecified atom stereocenters. The van der Waals surface area contributed by atoms with Crippen LogP contribution in [-0.2, 0) is 20.8 Å². The average Bonchev–Trinajstić information content (AvgIpc) is 2.89. The summed E-state index contributed by atoms with van der Waals surface area (Å²) in [4.78, 5) is 29.0. The summed E-state index contributed by atoms with van der Waals surface area (Å²) in [5.74, 6) is 0. The van der Waals surface area contributed by atoms with Gasteiger partial charge in [-0.1, -0.05) is 18.2 Å². The maximum absolute atomic E-state index is 12.5. The zero-order chi connectivity index (χ0) is 15.9. The summed E-state index contributed by atoms with van der Waals surface area (Å²) in [6.45, 7) is 2.07. The lowest BCUT2D eigenvalue weighted by atomic mass is 10.2. The number of hydrogen-bond acceptors (Lipinski definition) is 4. The summed E-state index contributed by atoms with van der Waals surface area (Å²) in [7, 11) is 3.35. The second-order valence-corrected chi connectivity index (χ2v) is 5.25. The number of nitrogens with zero attached hydrogens (tertiary/aromatic N) is 4. The lowest BCUT2D eigenvalue weighted by Crippen LogP contribution is -2.41. The largest absolute Gasteiger partial charge is 0.367 e. The van der Waals surface area contributed by atoms with Gasteiger partial charge in [-0.25, -0.2) is 14.3 Å². The van der Waals surface area contributed by atoms with Gasteiger partial charge in [0.05, 0.1) is 6.33 Å². The first-order valence-corrected chi connectivity index (χ1v) is 6.91. The lowest BCUT2D eigenvalue weighted by molar-refractivity contribution is 0.643. The predicted molar refractivity (Wildman–Crippen MR) is 85.0 cm³/mol. The monoisotopic (exact) mass is 299 g/mol. The molecule has 3 rings (SSSR count). The van der Waals surface area contributed by atoms with E-state index >= 15 is 0 Å². The molecule has 0 atom stereocenters. The van der Waals surface area contributed by atoms with Crippen molar-refractivity contribution in [3.8, 4) is 0 Å². The van der Waals surface area contributed by atoms with Crippen LogP contribution in [0.25, 0.3) is 11.2 Å². The van der Waals surface area contributed by atoms with Crippen molar-refractivity contribution >= 4 is 16.9 Å². The Hall–Kier alpha value is -2.83. The van der Waals surface area contributed by atoms with E-state index in [1.165, 1.54) is 15.5 Å². The molecule has 114 valence electrons. The normalized spacial score (nSPS) is 11.0. The van der Waals surface area contributed by atoms with Crippen LogP contribution in [0, 0.1) is 6.92 Å². The molecule has 7 nitrogen and oxygen atoms in total. The van der Waals surface area contributed by atoms with Gasteiger partial charge in [-0.2, -0.15) is 0 Å². The van der Waals surface area contributed by atoms with Crippen molar-refractivity contribution in [3.05, 3.63) is 57.0 Å².